The van der Waals surface area contributed by atoms with E-state index in [2.05, 4.69) is 195 Å². The smallest absolute Gasteiger partial charge is 0.0540 e. The summed E-state index contributed by atoms with van der Waals surface area (Å²) in [5.74, 6) is 0. The van der Waals surface area contributed by atoms with Gasteiger partial charge in [-0.05, 0) is 97.1 Å². The van der Waals surface area contributed by atoms with Gasteiger partial charge in [-0.15, -0.1) is 0 Å². The summed E-state index contributed by atoms with van der Waals surface area (Å²) >= 11 is 0. The molecule has 8 aromatic rings. The Morgan fingerprint density at radius 3 is 1.75 bits per heavy atom. The van der Waals surface area contributed by atoms with Crippen LogP contribution in [0.4, 0.5) is 17.1 Å². The van der Waals surface area contributed by atoms with Crippen LogP contribution in [0.15, 0.2) is 176 Å². The largest absolute Gasteiger partial charge is 0.310 e. The van der Waals surface area contributed by atoms with Crippen molar-refractivity contribution < 1.29 is 0 Å². The van der Waals surface area contributed by atoms with Crippen molar-refractivity contribution in [2.75, 3.05) is 4.90 Å². The van der Waals surface area contributed by atoms with Gasteiger partial charge in [-0.1, -0.05) is 153 Å². The van der Waals surface area contributed by atoms with E-state index < -0.39 is 0 Å². The monoisotopic (exact) mass is 613 g/mol. The molecule has 0 unspecified atom stereocenters. The molecule has 1 aliphatic rings. The number of benzene rings is 8. The predicted octanol–water partition coefficient (Wildman–Crippen LogP) is 13.1. The van der Waals surface area contributed by atoms with Gasteiger partial charge in [0.05, 0.1) is 5.69 Å². The van der Waals surface area contributed by atoms with Crippen molar-refractivity contribution in [3.63, 3.8) is 0 Å². The lowest BCUT2D eigenvalue weighted by Gasteiger charge is -2.30. The summed E-state index contributed by atoms with van der Waals surface area (Å²) in [7, 11) is 0. The number of hydrogen-bond donors (Lipinski definition) is 0. The average Bonchev–Trinajstić information content (AvgIpc) is 3.38. The molecule has 0 aliphatic heterocycles. The first-order chi connectivity index (χ1) is 23.6. The summed E-state index contributed by atoms with van der Waals surface area (Å²) in [4.78, 5) is 2.48. The van der Waals surface area contributed by atoms with E-state index in [0.717, 1.165) is 17.1 Å². The van der Waals surface area contributed by atoms with Crippen LogP contribution in [-0.2, 0) is 5.41 Å². The van der Waals surface area contributed by atoms with Crippen LogP contribution in [0.1, 0.15) is 25.0 Å². The molecule has 48 heavy (non-hydrogen) atoms. The van der Waals surface area contributed by atoms with Gasteiger partial charge in [-0.3, -0.25) is 0 Å². The number of hydrogen-bond acceptors (Lipinski definition) is 1. The van der Waals surface area contributed by atoms with Gasteiger partial charge >= 0.3 is 0 Å². The molecule has 0 heterocycles. The Labute approximate surface area is 282 Å². The lowest BCUT2D eigenvalue weighted by molar-refractivity contribution is 0.660. The van der Waals surface area contributed by atoms with Crippen molar-refractivity contribution in [2.45, 2.75) is 19.3 Å². The Morgan fingerprint density at radius 2 is 1.00 bits per heavy atom. The lowest BCUT2D eigenvalue weighted by Crippen LogP contribution is -2.16. The molecule has 1 nitrogen and oxygen atoms in total. The zero-order chi connectivity index (χ0) is 32.2. The van der Waals surface area contributed by atoms with Crippen molar-refractivity contribution >= 4 is 38.6 Å². The van der Waals surface area contributed by atoms with E-state index in [1.807, 2.05) is 0 Å². The molecule has 0 amide bonds. The number of fused-ring (bicyclic) bond motifs is 6. The highest BCUT2D eigenvalue weighted by Crippen LogP contribution is 2.51. The van der Waals surface area contributed by atoms with Crippen molar-refractivity contribution in [3.05, 3.63) is 187 Å². The topological polar surface area (TPSA) is 3.24 Å². The molecule has 0 bridgehead atoms. The van der Waals surface area contributed by atoms with Crippen LogP contribution in [-0.4, -0.2) is 0 Å². The fraction of sp³-hybridized carbons (Fsp3) is 0.0638. The van der Waals surface area contributed by atoms with Gasteiger partial charge in [0.25, 0.3) is 0 Å². The van der Waals surface area contributed by atoms with Crippen molar-refractivity contribution in [1.82, 2.24) is 0 Å². The average molecular weight is 614 g/mol. The quantitative estimate of drug-likeness (QED) is 0.175. The van der Waals surface area contributed by atoms with E-state index >= 15 is 0 Å². The van der Waals surface area contributed by atoms with Gasteiger partial charge in [0.2, 0.25) is 0 Å². The molecular formula is C47H35N. The Hall–Kier alpha value is -5.92. The minimum absolute atomic E-state index is 0.107. The molecule has 9 rings (SSSR count). The number of anilines is 3. The maximum Gasteiger partial charge on any atom is 0.0540 e. The molecule has 0 saturated carbocycles. The highest BCUT2D eigenvalue weighted by Gasteiger charge is 2.35. The fourth-order valence-electron chi connectivity index (χ4n) is 7.81. The second kappa shape index (κ2) is 11.1. The van der Waals surface area contributed by atoms with Crippen LogP contribution >= 0.6 is 0 Å². The summed E-state index contributed by atoms with van der Waals surface area (Å²) < 4.78 is 0. The molecule has 0 radical (unpaired) electrons. The maximum absolute atomic E-state index is 2.48. The third kappa shape index (κ3) is 4.54. The third-order valence-corrected chi connectivity index (χ3v) is 10.2. The molecule has 0 aromatic heterocycles. The molecule has 0 N–H and O–H groups in total. The second-order valence-electron chi connectivity index (χ2n) is 13.4. The van der Waals surface area contributed by atoms with Gasteiger partial charge in [-0.2, -0.15) is 0 Å². The maximum atomic E-state index is 2.48. The minimum Gasteiger partial charge on any atom is -0.310 e. The molecule has 0 spiro atoms. The molecule has 0 saturated heterocycles. The minimum atomic E-state index is -0.107. The van der Waals surface area contributed by atoms with Crippen LogP contribution in [0.25, 0.3) is 54.9 Å². The number of rotatable bonds is 5. The lowest BCUT2D eigenvalue weighted by atomic mass is 9.82. The highest BCUT2D eigenvalue weighted by atomic mass is 15.1. The van der Waals surface area contributed by atoms with Crippen LogP contribution in [0, 0.1) is 0 Å². The zero-order valence-corrected chi connectivity index (χ0v) is 27.2. The summed E-state index contributed by atoms with van der Waals surface area (Å²) in [6.07, 6.45) is 0. The van der Waals surface area contributed by atoms with E-state index in [1.165, 1.54) is 66.1 Å². The van der Waals surface area contributed by atoms with Crippen LogP contribution in [0.2, 0.25) is 0 Å². The van der Waals surface area contributed by atoms with Gasteiger partial charge < -0.3 is 4.90 Å². The van der Waals surface area contributed by atoms with Gasteiger partial charge in [0.15, 0.2) is 0 Å². The van der Waals surface area contributed by atoms with Crippen LogP contribution < -0.4 is 4.90 Å². The Kier molecular flexibility index (Phi) is 6.55. The van der Waals surface area contributed by atoms with Crippen LogP contribution in [0.3, 0.4) is 0 Å². The van der Waals surface area contributed by atoms with E-state index in [-0.39, 0.29) is 5.41 Å². The number of nitrogens with zero attached hydrogens (tertiary/aromatic N) is 1. The Bertz CT molecular complexity index is 2420. The third-order valence-electron chi connectivity index (χ3n) is 10.2. The summed E-state index contributed by atoms with van der Waals surface area (Å²) in [5, 5.41) is 5.01. The van der Waals surface area contributed by atoms with E-state index in [1.54, 1.807) is 0 Å². The molecule has 8 aromatic carbocycles. The molecule has 228 valence electrons. The van der Waals surface area contributed by atoms with E-state index in [9.17, 15) is 0 Å². The standard InChI is InChI=1S/C47H35N/c1-47(2)44-22-12-11-20-41(44)42-27-25-37(31-45(42)47)48(46-23-13-21-40-39-19-10-9-18-34(39)24-26-43(40)46)38-29-35(32-14-5-3-6-15-32)28-36(30-38)33-16-7-4-8-17-33/h3-31H,1-2H3. The van der Waals surface area contributed by atoms with Crippen LogP contribution in [0.5, 0.6) is 0 Å². The molecule has 0 fully saturated rings. The first-order valence-electron chi connectivity index (χ1n) is 16.8. The Balaban J connectivity index is 1.34. The van der Waals surface area contributed by atoms with Crippen molar-refractivity contribution in [3.8, 4) is 33.4 Å². The zero-order valence-electron chi connectivity index (χ0n) is 27.2. The molecular weight excluding hydrogens is 579 g/mol. The first kappa shape index (κ1) is 28.3. The summed E-state index contributed by atoms with van der Waals surface area (Å²) in [5.41, 5.74) is 13.5. The first-order valence-corrected chi connectivity index (χ1v) is 16.8. The summed E-state index contributed by atoms with van der Waals surface area (Å²) in [6, 6.07) is 64.5. The second-order valence-corrected chi connectivity index (χ2v) is 13.4. The highest BCUT2D eigenvalue weighted by molar-refractivity contribution is 6.13. The summed E-state index contributed by atoms with van der Waals surface area (Å²) in [6.45, 7) is 4.72. The van der Waals surface area contributed by atoms with Gasteiger partial charge in [-0.25, -0.2) is 0 Å². The molecule has 1 aliphatic carbocycles. The van der Waals surface area contributed by atoms with Gasteiger partial charge in [0, 0.05) is 22.2 Å². The van der Waals surface area contributed by atoms with E-state index in [4.69, 9.17) is 0 Å². The van der Waals surface area contributed by atoms with Crippen molar-refractivity contribution in [2.24, 2.45) is 0 Å². The predicted molar refractivity (Wildman–Crippen MR) is 205 cm³/mol. The van der Waals surface area contributed by atoms with E-state index in [0.29, 0.717) is 0 Å². The van der Waals surface area contributed by atoms with Crippen molar-refractivity contribution in [1.29, 1.82) is 0 Å². The molecule has 0 atom stereocenters. The Morgan fingerprint density at radius 1 is 0.375 bits per heavy atom. The SMILES string of the molecule is CC1(C)c2ccccc2-c2ccc(N(c3cc(-c4ccccc4)cc(-c4ccccc4)c3)c3cccc4c3ccc3ccccc34)cc21. The fourth-order valence-corrected chi connectivity index (χ4v) is 7.81. The van der Waals surface area contributed by atoms with Gasteiger partial charge in [0.1, 0.15) is 0 Å². The normalized spacial score (nSPS) is 13.0. The molecule has 1 heteroatoms.